The Morgan fingerprint density at radius 1 is 1.05 bits per heavy atom. The predicted molar refractivity (Wildman–Crippen MR) is 158 cm³/mol. The SMILES string of the molecule is CC1=C(C(=O)OCCCCCCNc2ccc(C3=NNC(=O)CC3)cc2)C(c2ccccc2C(F)(F)F)C([N+](=O)[O-])=C(C)N1. The van der Waals surface area contributed by atoms with Gasteiger partial charge in [0.1, 0.15) is 5.92 Å². The summed E-state index contributed by atoms with van der Waals surface area (Å²) in [7, 11) is 0. The van der Waals surface area contributed by atoms with Crippen molar-refractivity contribution in [3.05, 3.63) is 98.0 Å². The fourth-order valence-electron chi connectivity index (χ4n) is 5.32. The Bertz CT molecular complexity index is 1500. The number of dihydropyridines is 1. The molecule has 2 heterocycles. The van der Waals surface area contributed by atoms with Gasteiger partial charge in [-0.15, -0.1) is 0 Å². The van der Waals surface area contributed by atoms with Crippen LogP contribution in [0.3, 0.4) is 0 Å². The van der Waals surface area contributed by atoms with Gasteiger partial charge in [-0.2, -0.15) is 18.3 Å². The number of rotatable bonds is 12. The van der Waals surface area contributed by atoms with Crippen LogP contribution in [0.25, 0.3) is 0 Å². The van der Waals surface area contributed by atoms with Gasteiger partial charge < -0.3 is 15.4 Å². The molecular weight excluding hydrogens is 579 g/mol. The van der Waals surface area contributed by atoms with Crippen LogP contribution in [-0.2, 0) is 20.5 Å². The topological polar surface area (TPSA) is 135 Å². The zero-order valence-electron chi connectivity index (χ0n) is 24.4. The number of allylic oxidation sites excluding steroid dienone is 3. The van der Waals surface area contributed by atoms with Crippen molar-refractivity contribution in [1.29, 1.82) is 0 Å². The molecule has 234 valence electrons. The lowest BCUT2D eigenvalue weighted by Gasteiger charge is -2.28. The molecule has 0 radical (unpaired) electrons. The third kappa shape index (κ3) is 7.82. The van der Waals surface area contributed by atoms with Crippen molar-refractivity contribution in [1.82, 2.24) is 10.7 Å². The van der Waals surface area contributed by atoms with Crippen LogP contribution < -0.4 is 16.1 Å². The minimum atomic E-state index is -4.77. The van der Waals surface area contributed by atoms with Crippen molar-refractivity contribution in [2.45, 2.75) is 64.5 Å². The van der Waals surface area contributed by atoms with Crippen LogP contribution in [0.15, 0.2) is 76.3 Å². The number of anilines is 1. The molecule has 0 spiro atoms. The van der Waals surface area contributed by atoms with Crippen molar-refractivity contribution in [2.24, 2.45) is 5.10 Å². The Morgan fingerprint density at radius 3 is 2.41 bits per heavy atom. The first-order valence-corrected chi connectivity index (χ1v) is 14.3. The van der Waals surface area contributed by atoms with E-state index in [1.54, 1.807) is 0 Å². The van der Waals surface area contributed by atoms with Gasteiger partial charge in [0.15, 0.2) is 0 Å². The molecule has 1 amide bonds. The fourth-order valence-corrected chi connectivity index (χ4v) is 5.32. The molecule has 1 atom stereocenters. The molecule has 1 unspecified atom stereocenters. The van der Waals surface area contributed by atoms with E-state index in [4.69, 9.17) is 4.74 Å². The molecule has 13 heteroatoms. The van der Waals surface area contributed by atoms with Gasteiger partial charge in [0.2, 0.25) is 5.91 Å². The van der Waals surface area contributed by atoms with E-state index in [0.29, 0.717) is 19.3 Å². The summed E-state index contributed by atoms with van der Waals surface area (Å²) in [5.74, 6) is -2.53. The number of nitrogens with one attached hydrogen (secondary N) is 3. The lowest BCUT2D eigenvalue weighted by atomic mass is 9.81. The van der Waals surface area contributed by atoms with E-state index >= 15 is 0 Å². The highest BCUT2D eigenvalue weighted by molar-refractivity contribution is 6.04. The third-order valence-corrected chi connectivity index (χ3v) is 7.48. The van der Waals surface area contributed by atoms with Crippen LogP contribution in [0.2, 0.25) is 0 Å². The summed E-state index contributed by atoms with van der Waals surface area (Å²) in [6.07, 6.45) is -0.779. The first-order valence-electron chi connectivity index (χ1n) is 14.3. The normalized spacial score (nSPS) is 17.1. The van der Waals surface area contributed by atoms with Crippen LogP contribution in [0, 0.1) is 10.1 Å². The number of hydrogen-bond acceptors (Lipinski definition) is 8. The fraction of sp³-hybridized carbons (Fsp3) is 0.387. The number of nitro groups is 1. The minimum Gasteiger partial charge on any atom is -0.462 e. The van der Waals surface area contributed by atoms with Gasteiger partial charge in [-0.3, -0.25) is 14.9 Å². The molecule has 0 aliphatic carbocycles. The number of benzene rings is 2. The molecule has 4 rings (SSSR count). The molecule has 3 N–H and O–H groups in total. The van der Waals surface area contributed by atoms with Crippen molar-refractivity contribution >= 4 is 23.3 Å². The van der Waals surface area contributed by atoms with E-state index in [2.05, 4.69) is 21.2 Å². The Labute approximate surface area is 252 Å². The molecule has 2 aromatic rings. The Hall–Kier alpha value is -4.68. The molecule has 0 bridgehead atoms. The first-order chi connectivity index (χ1) is 21.0. The average Bonchev–Trinajstić information content (AvgIpc) is 2.98. The van der Waals surface area contributed by atoms with E-state index in [0.717, 1.165) is 54.9 Å². The minimum absolute atomic E-state index is 0.0268. The van der Waals surface area contributed by atoms with E-state index in [9.17, 15) is 32.9 Å². The smallest absolute Gasteiger partial charge is 0.416 e. The van der Waals surface area contributed by atoms with Gasteiger partial charge in [0.25, 0.3) is 5.70 Å². The number of nitrogens with zero attached hydrogens (tertiary/aromatic N) is 2. The molecule has 10 nitrogen and oxygen atoms in total. The molecule has 2 aliphatic heterocycles. The van der Waals surface area contributed by atoms with Gasteiger partial charge in [-0.1, -0.05) is 36.8 Å². The maximum atomic E-state index is 13.9. The number of hydrogen-bond donors (Lipinski definition) is 3. The van der Waals surface area contributed by atoms with Gasteiger partial charge >= 0.3 is 12.1 Å². The second kappa shape index (κ2) is 14.2. The van der Waals surface area contributed by atoms with Gasteiger partial charge in [0, 0.05) is 30.8 Å². The van der Waals surface area contributed by atoms with Crippen molar-refractivity contribution < 1.29 is 32.4 Å². The predicted octanol–water partition coefficient (Wildman–Crippen LogP) is 6.00. The summed E-state index contributed by atoms with van der Waals surface area (Å²) in [5.41, 5.74) is 3.34. The van der Waals surface area contributed by atoms with E-state index < -0.39 is 34.2 Å². The maximum Gasteiger partial charge on any atom is 0.416 e. The molecule has 2 aromatic carbocycles. The second-order valence-electron chi connectivity index (χ2n) is 10.6. The summed E-state index contributed by atoms with van der Waals surface area (Å²) in [5, 5.41) is 22.2. The van der Waals surface area contributed by atoms with Crippen LogP contribution in [0.5, 0.6) is 0 Å². The molecule has 0 fully saturated rings. The summed E-state index contributed by atoms with van der Waals surface area (Å²) in [6.45, 7) is 3.64. The Balaban J connectivity index is 1.28. The highest BCUT2D eigenvalue weighted by atomic mass is 19.4. The number of esters is 1. The number of unbranched alkanes of at least 4 members (excludes halogenated alkanes) is 3. The highest BCUT2D eigenvalue weighted by Gasteiger charge is 2.45. The molecule has 0 aromatic heterocycles. The molecule has 44 heavy (non-hydrogen) atoms. The summed E-state index contributed by atoms with van der Waals surface area (Å²) in [4.78, 5) is 35.7. The van der Waals surface area contributed by atoms with Crippen molar-refractivity contribution in [3.63, 3.8) is 0 Å². The second-order valence-corrected chi connectivity index (χ2v) is 10.6. The van der Waals surface area contributed by atoms with Crippen LogP contribution in [0.4, 0.5) is 18.9 Å². The van der Waals surface area contributed by atoms with E-state index in [1.165, 1.54) is 26.0 Å². The van der Waals surface area contributed by atoms with Crippen molar-refractivity contribution in [2.75, 3.05) is 18.5 Å². The van der Waals surface area contributed by atoms with Crippen LogP contribution in [0.1, 0.15) is 75.0 Å². The third-order valence-electron chi connectivity index (χ3n) is 7.48. The standard InChI is InChI=1S/C31H34F3N5O5/c1-19-27(28(29(39(42)43)20(2)36-19)23-9-5-6-10-24(23)31(32,33)34)30(41)44-18-8-4-3-7-17-35-22-13-11-21(12-14-22)25-15-16-26(40)38-37-25/h5-6,9-14,28,35-36H,3-4,7-8,15-18H2,1-2H3,(H,38,40). The van der Waals surface area contributed by atoms with E-state index in [-0.39, 0.29) is 35.0 Å². The zero-order chi connectivity index (χ0) is 31.9. The van der Waals surface area contributed by atoms with Gasteiger partial charge in [0.05, 0.1) is 34.1 Å². The van der Waals surface area contributed by atoms with Crippen LogP contribution in [-0.4, -0.2) is 35.7 Å². The Kier molecular flexibility index (Phi) is 10.4. The van der Waals surface area contributed by atoms with Gasteiger partial charge in [-0.25, -0.2) is 10.2 Å². The Morgan fingerprint density at radius 2 is 1.75 bits per heavy atom. The number of amides is 1. The summed E-state index contributed by atoms with van der Waals surface area (Å²) >= 11 is 0. The molecule has 0 saturated heterocycles. The molecular formula is C31H34F3N5O5. The lowest BCUT2D eigenvalue weighted by molar-refractivity contribution is -0.431. The average molecular weight is 614 g/mol. The number of carbonyl (C=O) groups is 2. The van der Waals surface area contributed by atoms with Crippen molar-refractivity contribution in [3.8, 4) is 0 Å². The first kappa shape index (κ1) is 32.2. The lowest BCUT2D eigenvalue weighted by Crippen LogP contribution is -2.32. The summed E-state index contributed by atoms with van der Waals surface area (Å²) < 4.78 is 47.0. The zero-order valence-corrected chi connectivity index (χ0v) is 24.4. The monoisotopic (exact) mass is 613 g/mol. The quantitative estimate of drug-likeness (QED) is 0.116. The molecule has 2 aliphatic rings. The summed E-state index contributed by atoms with van der Waals surface area (Å²) in [6, 6.07) is 12.4. The number of halogens is 3. The maximum absolute atomic E-state index is 13.9. The number of ether oxygens (including phenoxy) is 1. The number of hydrazone groups is 1. The highest BCUT2D eigenvalue weighted by Crippen LogP contribution is 2.44. The number of carbonyl (C=O) groups excluding carboxylic acids is 2. The van der Waals surface area contributed by atoms with Gasteiger partial charge in [-0.05, 0) is 62.4 Å². The van der Waals surface area contributed by atoms with Crippen LogP contribution >= 0.6 is 0 Å². The largest absolute Gasteiger partial charge is 0.462 e. The molecule has 0 saturated carbocycles. The number of alkyl halides is 3. The van der Waals surface area contributed by atoms with E-state index in [1.807, 2.05) is 24.3 Å².